The summed E-state index contributed by atoms with van der Waals surface area (Å²) < 4.78 is 7.29. The molecule has 1 atom stereocenters. The standard InChI is InChI=1S/C15H14Br2ClNO2/c16-10-2-1-3-13(6-10)21-9-12(20)8-19-11-4-5-15(18)14(17)7-11/h1-7,12,19-20H,8-9H2. The first kappa shape index (κ1) is 16.6. The quantitative estimate of drug-likeness (QED) is 0.690. The summed E-state index contributed by atoms with van der Waals surface area (Å²) in [6.07, 6.45) is -0.613. The third kappa shape index (κ3) is 5.51. The Labute approximate surface area is 145 Å². The monoisotopic (exact) mass is 433 g/mol. The first-order chi connectivity index (χ1) is 10.0. The average molecular weight is 436 g/mol. The Hall–Kier alpha value is -0.750. The van der Waals surface area contributed by atoms with Crippen molar-refractivity contribution in [1.29, 1.82) is 0 Å². The minimum absolute atomic E-state index is 0.220. The number of halogens is 3. The number of ether oxygens (including phenoxy) is 1. The van der Waals surface area contributed by atoms with Crippen LogP contribution in [-0.4, -0.2) is 24.4 Å². The predicted molar refractivity (Wildman–Crippen MR) is 93.3 cm³/mol. The molecule has 3 nitrogen and oxygen atoms in total. The molecule has 0 aliphatic heterocycles. The van der Waals surface area contributed by atoms with E-state index in [0.717, 1.165) is 20.4 Å². The van der Waals surface area contributed by atoms with Crippen LogP contribution < -0.4 is 10.1 Å². The topological polar surface area (TPSA) is 41.5 Å². The Morgan fingerprint density at radius 2 is 2.00 bits per heavy atom. The van der Waals surface area contributed by atoms with Gasteiger partial charge in [-0.1, -0.05) is 33.6 Å². The van der Waals surface area contributed by atoms with Crippen LogP contribution in [0.15, 0.2) is 51.4 Å². The zero-order chi connectivity index (χ0) is 15.2. The SMILES string of the molecule is OC(CNc1ccc(Cl)c(Br)c1)COc1cccc(Br)c1. The number of anilines is 1. The molecule has 0 bridgehead atoms. The maximum atomic E-state index is 9.93. The number of hydrogen-bond acceptors (Lipinski definition) is 3. The number of nitrogens with one attached hydrogen (secondary N) is 1. The van der Waals surface area contributed by atoms with E-state index >= 15 is 0 Å². The molecule has 0 aliphatic carbocycles. The van der Waals surface area contributed by atoms with E-state index in [2.05, 4.69) is 37.2 Å². The molecule has 0 amide bonds. The van der Waals surface area contributed by atoms with E-state index in [-0.39, 0.29) is 6.61 Å². The van der Waals surface area contributed by atoms with Crippen molar-refractivity contribution < 1.29 is 9.84 Å². The molecule has 2 N–H and O–H groups in total. The molecule has 0 aromatic heterocycles. The predicted octanol–water partition coefficient (Wildman–Crippen LogP) is 4.72. The van der Waals surface area contributed by atoms with Crippen molar-refractivity contribution in [2.75, 3.05) is 18.5 Å². The van der Waals surface area contributed by atoms with E-state index in [1.807, 2.05) is 36.4 Å². The summed E-state index contributed by atoms with van der Waals surface area (Å²) in [7, 11) is 0. The highest BCUT2D eigenvalue weighted by atomic mass is 79.9. The molecule has 1 unspecified atom stereocenters. The maximum Gasteiger partial charge on any atom is 0.120 e. The zero-order valence-electron chi connectivity index (χ0n) is 11.0. The van der Waals surface area contributed by atoms with Crippen molar-refractivity contribution in [2.45, 2.75) is 6.10 Å². The van der Waals surface area contributed by atoms with Crippen molar-refractivity contribution >= 4 is 49.1 Å². The fraction of sp³-hybridized carbons (Fsp3) is 0.200. The number of aliphatic hydroxyl groups is 1. The van der Waals surface area contributed by atoms with Crippen LogP contribution >= 0.6 is 43.5 Å². The van der Waals surface area contributed by atoms with Crippen LogP contribution in [0, 0.1) is 0 Å². The van der Waals surface area contributed by atoms with Gasteiger partial charge in [-0.3, -0.25) is 0 Å². The van der Waals surface area contributed by atoms with Crippen LogP contribution in [0.25, 0.3) is 0 Å². The minimum Gasteiger partial charge on any atom is -0.491 e. The van der Waals surface area contributed by atoms with Gasteiger partial charge in [0.2, 0.25) is 0 Å². The molecule has 2 rings (SSSR count). The summed E-state index contributed by atoms with van der Waals surface area (Å²) in [6, 6.07) is 13.0. The van der Waals surface area contributed by atoms with Crippen LogP contribution in [0.4, 0.5) is 5.69 Å². The highest BCUT2D eigenvalue weighted by Gasteiger charge is 2.06. The summed E-state index contributed by atoms with van der Waals surface area (Å²) >= 11 is 12.7. The highest BCUT2D eigenvalue weighted by molar-refractivity contribution is 9.10. The first-order valence-corrected chi connectivity index (χ1v) is 8.26. The number of aliphatic hydroxyl groups excluding tert-OH is 1. The van der Waals surface area contributed by atoms with Gasteiger partial charge in [-0.2, -0.15) is 0 Å². The van der Waals surface area contributed by atoms with Crippen molar-refractivity contribution in [3.05, 3.63) is 56.4 Å². The maximum absolute atomic E-state index is 9.93. The van der Waals surface area contributed by atoms with Gasteiger partial charge in [0, 0.05) is 21.2 Å². The molecule has 0 spiro atoms. The van der Waals surface area contributed by atoms with Crippen LogP contribution in [-0.2, 0) is 0 Å². The van der Waals surface area contributed by atoms with Crippen LogP contribution in [0.2, 0.25) is 5.02 Å². The molecule has 0 saturated carbocycles. The molecular formula is C15H14Br2ClNO2. The van der Waals surface area contributed by atoms with Crippen molar-refractivity contribution in [3.63, 3.8) is 0 Å². The number of benzene rings is 2. The van der Waals surface area contributed by atoms with E-state index in [4.69, 9.17) is 16.3 Å². The van der Waals surface area contributed by atoms with Gasteiger partial charge >= 0.3 is 0 Å². The molecule has 0 aliphatic rings. The summed E-state index contributed by atoms with van der Waals surface area (Å²) in [6.45, 7) is 0.611. The van der Waals surface area contributed by atoms with Gasteiger partial charge in [0.25, 0.3) is 0 Å². The lowest BCUT2D eigenvalue weighted by molar-refractivity contribution is 0.117. The number of rotatable bonds is 6. The molecule has 0 saturated heterocycles. The summed E-state index contributed by atoms with van der Waals surface area (Å²) in [5, 5.41) is 13.7. The van der Waals surface area contributed by atoms with Gasteiger partial charge in [0.1, 0.15) is 18.5 Å². The molecule has 2 aromatic carbocycles. The molecule has 0 heterocycles. The van der Waals surface area contributed by atoms with E-state index in [0.29, 0.717) is 11.6 Å². The first-order valence-electron chi connectivity index (χ1n) is 6.30. The molecule has 2 aromatic rings. The van der Waals surface area contributed by atoms with Gasteiger partial charge in [-0.25, -0.2) is 0 Å². The van der Waals surface area contributed by atoms with Gasteiger partial charge in [0.15, 0.2) is 0 Å². The van der Waals surface area contributed by atoms with Crippen LogP contribution in [0.5, 0.6) is 5.75 Å². The van der Waals surface area contributed by atoms with Crippen LogP contribution in [0.3, 0.4) is 0 Å². The Morgan fingerprint density at radius 1 is 1.19 bits per heavy atom. The minimum atomic E-state index is -0.613. The third-order valence-corrected chi connectivity index (χ3v) is 4.41. The van der Waals surface area contributed by atoms with Crippen molar-refractivity contribution in [3.8, 4) is 5.75 Å². The lowest BCUT2D eigenvalue weighted by atomic mass is 10.3. The second-order valence-electron chi connectivity index (χ2n) is 4.43. The Bertz CT molecular complexity index is 610. The Kier molecular flexibility index (Phi) is 6.36. The van der Waals surface area contributed by atoms with Gasteiger partial charge in [0.05, 0.1) is 5.02 Å². The summed E-state index contributed by atoms with van der Waals surface area (Å²) in [5.41, 5.74) is 0.882. The lowest BCUT2D eigenvalue weighted by Crippen LogP contribution is -2.26. The van der Waals surface area contributed by atoms with E-state index in [1.54, 1.807) is 6.07 Å². The third-order valence-electron chi connectivity index (χ3n) is 2.70. The molecule has 112 valence electrons. The second kappa shape index (κ2) is 8.03. The Morgan fingerprint density at radius 3 is 2.71 bits per heavy atom. The average Bonchev–Trinajstić information content (AvgIpc) is 2.46. The molecule has 6 heteroatoms. The Balaban J connectivity index is 1.79. The van der Waals surface area contributed by atoms with Crippen molar-refractivity contribution in [2.24, 2.45) is 0 Å². The van der Waals surface area contributed by atoms with Crippen molar-refractivity contribution in [1.82, 2.24) is 0 Å². The molecule has 0 fully saturated rings. The fourth-order valence-electron chi connectivity index (χ4n) is 1.65. The van der Waals surface area contributed by atoms with E-state index < -0.39 is 6.10 Å². The van der Waals surface area contributed by atoms with Gasteiger partial charge in [-0.05, 0) is 52.3 Å². The van der Waals surface area contributed by atoms with Gasteiger partial charge < -0.3 is 15.2 Å². The molecular weight excluding hydrogens is 421 g/mol. The highest BCUT2D eigenvalue weighted by Crippen LogP contribution is 2.25. The molecule has 0 radical (unpaired) electrons. The summed E-state index contributed by atoms with van der Waals surface area (Å²) in [5.74, 6) is 0.720. The lowest BCUT2D eigenvalue weighted by Gasteiger charge is -2.14. The molecule has 21 heavy (non-hydrogen) atoms. The number of hydrogen-bond donors (Lipinski definition) is 2. The second-order valence-corrected chi connectivity index (χ2v) is 6.61. The zero-order valence-corrected chi connectivity index (χ0v) is 15.0. The van der Waals surface area contributed by atoms with Gasteiger partial charge in [-0.15, -0.1) is 0 Å². The fourth-order valence-corrected chi connectivity index (χ4v) is 2.52. The van der Waals surface area contributed by atoms with Crippen LogP contribution in [0.1, 0.15) is 0 Å². The normalized spacial score (nSPS) is 12.0. The smallest absolute Gasteiger partial charge is 0.120 e. The van der Waals surface area contributed by atoms with E-state index in [9.17, 15) is 5.11 Å². The van der Waals surface area contributed by atoms with E-state index in [1.165, 1.54) is 0 Å². The summed E-state index contributed by atoms with van der Waals surface area (Å²) in [4.78, 5) is 0. The largest absolute Gasteiger partial charge is 0.491 e.